The van der Waals surface area contributed by atoms with Crippen molar-refractivity contribution in [3.05, 3.63) is 28.8 Å². The first-order chi connectivity index (χ1) is 12.2. The van der Waals surface area contributed by atoms with Gasteiger partial charge in [0.2, 0.25) is 11.4 Å². The van der Waals surface area contributed by atoms with Crippen LogP contribution in [0.5, 0.6) is 0 Å². The molecule has 0 atom stereocenters. The Kier molecular flexibility index (Phi) is 7.57. The van der Waals surface area contributed by atoms with Crippen LogP contribution in [0.3, 0.4) is 0 Å². The Hall–Kier alpha value is -2.61. The largest absolute Gasteiger partial charge is 0.464 e. The number of nitrogens with one attached hydrogen (secondary N) is 1. The van der Waals surface area contributed by atoms with Gasteiger partial charge in [-0.1, -0.05) is 11.6 Å². The fourth-order valence-electron chi connectivity index (χ4n) is 2.29. The van der Waals surface area contributed by atoms with Gasteiger partial charge in [0.15, 0.2) is 5.78 Å². The predicted octanol–water partition coefficient (Wildman–Crippen LogP) is 1.50. The fraction of sp³-hybridized carbons (Fsp3) is 0.412. The molecule has 0 aliphatic rings. The Bertz CT molecular complexity index is 701. The molecule has 3 N–H and O–H groups in total. The van der Waals surface area contributed by atoms with Crippen molar-refractivity contribution < 1.29 is 28.7 Å². The number of rotatable bonds is 8. The van der Waals surface area contributed by atoms with Crippen molar-refractivity contribution in [3.8, 4) is 0 Å². The lowest BCUT2D eigenvalue weighted by Gasteiger charge is -2.29. The fourth-order valence-corrected chi connectivity index (χ4v) is 2.46. The number of hydrogen-bond donors (Lipinski definition) is 2. The number of ether oxygens (including phenoxy) is 2. The van der Waals surface area contributed by atoms with E-state index in [1.54, 1.807) is 0 Å². The maximum atomic E-state index is 12.7. The number of ketones is 1. The minimum atomic E-state index is -2.32. The molecule has 0 fully saturated rings. The highest BCUT2D eigenvalue weighted by Crippen LogP contribution is 2.24. The Balaban J connectivity index is 3.39. The molecule has 0 saturated heterocycles. The first kappa shape index (κ1) is 21.4. The van der Waals surface area contributed by atoms with E-state index in [9.17, 15) is 19.2 Å². The van der Waals surface area contributed by atoms with Crippen molar-refractivity contribution in [1.82, 2.24) is 5.32 Å². The van der Waals surface area contributed by atoms with Crippen LogP contribution in [0.4, 0.5) is 5.69 Å². The molecule has 1 aromatic carbocycles. The minimum Gasteiger partial charge on any atom is -0.464 e. The summed E-state index contributed by atoms with van der Waals surface area (Å²) in [6.07, 6.45) is -0.727. The van der Waals surface area contributed by atoms with Crippen molar-refractivity contribution in [3.63, 3.8) is 0 Å². The van der Waals surface area contributed by atoms with E-state index in [1.165, 1.54) is 32.0 Å². The number of amides is 1. The first-order valence-corrected chi connectivity index (χ1v) is 8.27. The number of nitrogens with two attached hydrogens (primary N) is 1. The highest BCUT2D eigenvalue weighted by Gasteiger charge is 2.51. The lowest BCUT2D eigenvalue weighted by molar-refractivity contribution is -0.167. The Morgan fingerprint density at radius 1 is 1.12 bits per heavy atom. The first-order valence-electron chi connectivity index (χ1n) is 7.89. The van der Waals surface area contributed by atoms with Crippen LogP contribution in [0.25, 0.3) is 0 Å². The van der Waals surface area contributed by atoms with Gasteiger partial charge in [-0.05, 0) is 32.0 Å². The Labute approximate surface area is 156 Å². The standard InChI is InChI=1S/C17H21ClN2O6/c1-4-25-15(23)17(20-10(3)21,16(24)26-5-2)9-14(22)12-8-11(18)6-7-13(12)19/h6-8H,4-5,9,19H2,1-3H3,(H,20,21). The van der Waals surface area contributed by atoms with E-state index in [2.05, 4.69) is 5.32 Å². The minimum absolute atomic E-state index is 0.0147. The number of carbonyl (C=O) groups excluding carboxylic acids is 4. The number of Topliss-reactive ketones (excluding diaryl/α,β-unsaturated/α-hetero) is 1. The van der Waals surface area contributed by atoms with Crippen molar-refractivity contribution in [2.24, 2.45) is 0 Å². The van der Waals surface area contributed by atoms with Gasteiger partial charge < -0.3 is 20.5 Å². The molecule has 8 nitrogen and oxygen atoms in total. The summed E-state index contributed by atoms with van der Waals surface area (Å²) in [4.78, 5) is 49.3. The molecule has 0 aliphatic carbocycles. The summed E-state index contributed by atoms with van der Waals surface area (Å²) in [5.41, 5.74) is 3.59. The van der Waals surface area contributed by atoms with Gasteiger partial charge in [-0.15, -0.1) is 0 Å². The molecule has 0 spiro atoms. The summed E-state index contributed by atoms with van der Waals surface area (Å²) in [6.45, 7) is 4.03. The second kappa shape index (κ2) is 9.19. The van der Waals surface area contributed by atoms with Crippen molar-refractivity contribution in [2.75, 3.05) is 18.9 Å². The third-order valence-electron chi connectivity index (χ3n) is 3.38. The molecule has 0 aromatic heterocycles. The average Bonchev–Trinajstić information content (AvgIpc) is 2.56. The number of halogens is 1. The predicted molar refractivity (Wildman–Crippen MR) is 94.6 cm³/mol. The molecule has 0 radical (unpaired) electrons. The summed E-state index contributed by atoms with van der Waals surface area (Å²) >= 11 is 5.88. The van der Waals surface area contributed by atoms with Crippen LogP contribution in [0.15, 0.2) is 18.2 Å². The zero-order chi connectivity index (χ0) is 19.9. The van der Waals surface area contributed by atoms with Gasteiger partial charge in [-0.2, -0.15) is 0 Å². The number of benzene rings is 1. The van der Waals surface area contributed by atoms with E-state index < -0.39 is 35.6 Å². The molecule has 0 heterocycles. The van der Waals surface area contributed by atoms with Crippen molar-refractivity contribution in [1.29, 1.82) is 0 Å². The number of carbonyl (C=O) groups is 4. The molecular formula is C17H21ClN2O6. The Morgan fingerprint density at radius 3 is 2.12 bits per heavy atom. The van der Waals surface area contributed by atoms with E-state index in [0.717, 1.165) is 6.92 Å². The van der Waals surface area contributed by atoms with E-state index >= 15 is 0 Å². The number of nitrogen functional groups attached to an aromatic ring is 1. The van der Waals surface area contributed by atoms with Crippen LogP contribution >= 0.6 is 11.6 Å². The number of anilines is 1. The molecular weight excluding hydrogens is 364 g/mol. The van der Waals surface area contributed by atoms with E-state index in [-0.39, 0.29) is 29.5 Å². The summed E-state index contributed by atoms with van der Waals surface area (Å²) in [5, 5.41) is 2.46. The maximum absolute atomic E-state index is 12.7. The summed E-state index contributed by atoms with van der Waals surface area (Å²) in [6, 6.07) is 4.23. The van der Waals surface area contributed by atoms with Crippen LogP contribution in [-0.2, 0) is 23.9 Å². The van der Waals surface area contributed by atoms with E-state index in [4.69, 9.17) is 26.8 Å². The molecule has 0 aliphatic heterocycles. The normalized spacial score (nSPS) is 10.8. The van der Waals surface area contributed by atoms with Gasteiger partial charge in [-0.25, -0.2) is 9.59 Å². The highest BCUT2D eigenvalue weighted by atomic mass is 35.5. The molecule has 9 heteroatoms. The van der Waals surface area contributed by atoms with Crippen molar-refractivity contribution >= 4 is 40.9 Å². The van der Waals surface area contributed by atoms with Gasteiger partial charge >= 0.3 is 11.9 Å². The van der Waals surface area contributed by atoms with Gasteiger partial charge in [0.05, 0.1) is 19.6 Å². The molecule has 1 amide bonds. The van der Waals surface area contributed by atoms with Crippen LogP contribution in [0.2, 0.25) is 5.02 Å². The Morgan fingerprint density at radius 2 is 1.65 bits per heavy atom. The number of hydrogen-bond acceptors (Lipinski definition) is 7. The highest BCUT2D eigenvalue weighted by molar-refractivity contribution is 6.31. The second-order valence-corrected chi connectivity index (χ2v) is 5.80. The van der Waals surface area contributed by atoms with Gasteiger partial charge in [0.1, 0.15) is 0 Å². The molecule has 0 bridgehead atoms. The molecule has 0 saturated carbocycles. The second-order valence-electron chi connectivity index (χ2n) is 5.36. The van der Waals surface area contributed by atoms with Gasteiger partial charge in [0.25, 0.3) is 0 Å². The quantitative estimate of drug-likeness (QED) is 0.301. The molecule has 0 unspecified atom stereocenters. The summed E-state index contributed by atoms with van der Waals surface area (Å²) in [7, 11) is 0. The van der Waals surface area contributed by atoms with Crippen LogP contribution in [0, 0.1) is 0 Å². The molecule has 142 valence electrons. The summed E-state index contributed by atoms with van der Waals surface area (Å²) < 4.78 is 9.80. The lowest BCUT2D eigenvalue weighted by atomic mass is 9.89. The third-order valence-corrected chi connectivity index (χ3v) is 3.61. The van der Waals surface area contributed by atoms with Crippen LogP contribution in [0.1, 0.15) is 37.6 Å². The van der Waals surface area contributed by atoms with Crippen LogP contribution in [-0.4, -0.2) is 42.4 Å². The monoisotopic (exact) mass is 384 g/mol. The molecule has 1 aromatic rings. The topological polar surface area (TPSA) is 125 Å². The summed E-state index contributed by atoms with van der Waals surface area (Å²) in [5.74, 6) is -3.58. The van der Waals surface area contributed by atoms with Gasteiger partial charge in [0, 0.05) is 23.2 Å². The van der Waals surface area contributed by atoms with E-state index in [1.807, 2.05) is 0 Å². The molecule has 26 heavy (non-hydrogen) atoms. The van der Waals surface area contributed by atoms with Crippen LogP contribution < -0.4 is 11.1 Å². The maximum Gasteiger partial charge on any atom is 0.344 e. The zero-order valence-electron chi connectivity index (χ0n) is 14.8. The zero-order valence-corrected chi connectivity index (χ0v) is 15.5. The number of esters is 2. The lowest BCUT2D eigenvalue weighted by Crippen LogP contribution is -2.62. The third kappa shape index (κ3) is 4.95. The molecule has 1 rings (SSSR count). The van der Waals surface area contributed by atoms with Gasteiger partial charge in [-0.3, -0.25) is 9.59 Å². The van der Waals surface area contributed by atoms with Crippen molar-refractivity contribution in [2.45, 2.75) is 32.7 Å². The smallest absolute Gasteiger partial charge is 0.344 e. The van der Waals surface area contributed by atoms with E-state index in [0.29, 0.717) is 0 Å². The average molecular weight is 385 g/mol. The SMILES string of the molecule is CCOC(=O)C(CC(=O)c1cc(Cl)ccc1N)(NC(C)=O)C(=O)OCC.